The van der Waals surface area contributed by atoms with Crippen LogP contribution in [0.15, 0.2) is 59.8 Å². The number of rotatable bonds is 0. The van der Waals surface area contributed by atoms with Crippen LogP contribution in [0, 0.1) is 0 Å². The minimum Gasteiger partial charge on any atom is -0.0912 e. The maximum Gasteiger partial charge on any atom is -0.0126 e. The molecule has 0 aromatic carbocycles. The number of allylic oxidation sites excluding steroid dienone is 9. The van der Waals surface area contributed by atoms with Gasteiger partial charge >= 0.3 is 0 Å². The first-order valence-electron chi connectivity index (χ1n) is 4.79. The van der Waals surface area contributed by atoms with E-state index in [1.807, 2.05) is 0 Å². The molecule has 0 N–H and O–H groups in total. The normalized spacial score (nSPS) is 26.3. The zero-order chi connectivity index (χ0) is 9.10. The molecule has 0 aliphatic heterocycles. The molecule has 0 fully saturated rings. The van der Waals surface area contributed by atoms with E-state index in [1.54, 1.807) is 0 Å². The zero-order valence-corrected chi connectivity index (χ0v) is 7.79. The van der Waals surface area contributed by atoms with Gasteiger partial charge in [0.25, 0.3) is 0 Å². The standard InChI is InChI=1S/C13H14/c1-11-7-3-2-4-8-12-9-5-6-10-13(11)12/h2-4,6-7,10H,1,5,8-9H2/b4-2-,7-3-. The summed E-state index contributed by atoms with van der Waals surface area (Å²) >= 11 is 0. The van der Waals surface area contributed by atoms with Crippen molar-refractivity contribution < 1.29 is 0 Å². The lowest BCUT2D eigenvalue weighted by molar-refractivity contribution is 0.908. The molecule has 66 valence electrons. The lowest BCUT2D eigenvalue weighted by Gasteiger charge is -2.16. The molecule has 0 radical (unpaired) electrons. The van der Waals surface area contributed by atoms with Gasteiger partial charge in [0.1, 0.15) is 0 Å². The van der Waals surface area contributed by atoms with E-state index in [0.29, 0.717) is 0 Å². The topological polar surface area (TPSA) is 0 Å². The van der Waals surface area contributed by atoms with Crippen molar-refractivity contribution in [3.8, 4) is 0 Å². The van der Waals surface area contributed by atoms with Gasteiger partial charge in [0.2, 0.25) is 0 Å². The van der Waals surface area contributed by atoms with Gasteiger partial charge < -0.3 is 0 Å². The van der Waals surface area contributed by atoms with E-state index in [9.17, 15) is 0 Å². The Balaban J connectivity index is 2.41. The molecule has 0 aromatic rings. The van der Waals surface area contributed by atoms with Gasteiger partial charge in [-0.1, -0.05) is 48.6 Å². The van der Waals surface area contributed by atoms with Crippen LogP contribution in [0.4, 0.5) is 0 Å². The average Bonchev–Trinajstić information content (AvgIpc) is 2.14. The third kappa shape index (κ3) is 1.72. The molecule has 2 rings (SSSR count). The molecule has 0 amide bonds. The largest absolute Gasteiger partial charge is 0.0912 e. The van der Waals surface area contributed by atoms with Crippen molar-refractivity contribution in [1.82, 2.24) is 0 Å². The van der Waals surface area contributed by atoms with Gasteiger partial charge in [-0.05, 0) is 30.4 Å². The first-order chi connectivity index (χ1) is 6.38. The lowest BCUT2D eigenvalue weighted by atomic mass is 9.89. The van der Waals surface area contributed by atoms with Gasteiger partial charge in [-0.3, -0.25) is 0 Å². The van der Waals surface area contributed by atoms with Crippen molar-refractivity contribution in [2.75, 3.05) is 0 Å². The quantitative estimate of drug-likeness (QED) is 0.520. The Morgan fingerprint density at radius 2 is 2.00 bits per heavy atom. The van der Waals surface area contributed by atoms with Crippen molar-refractivity contribution in [2.24, 2.45) is 0 Å². The molecule has 0 unspecified atom stereocenters. The second-order valence-corrected chi connectivity index (χ2v) is 3.47. The van der Waals surface area contributed by atoms with Gasteiger partial charge in [0.15, 0.2) is 0 Å². The second-order valence-electron chi connectivity index (χ2n) is 3.47. The monoisotopic (exact) mass is 170 g/mol. The molecule has 2 aliphatic carbocycles. The van der Waals surface area contributed by atoms with Crippen molar-refractivity contribution in [1.29, 1.82) is 0 Å². The molecule has 0 aromatic heterocycles. The minimum absolute atomic E-state index is 1.09. The third-order valence-corrected chi connectivity index (χ3v) is 2.53. The molecule has 13 heavy (non-hydrogen) atoms. The molecule has 0 spiro atoms. The maximum atomic E-state index is 4.07. The molecule has 0 heterocycles. The summed E-state index contributed by atoms with van der Waals surface area (Å²) in [4.78, 5) is 0. The SMILES string of the molecule is C=C1/C=C\C=C/CC2=C1C=CCC2. The van der Waals surface area contributed by atoms with Gasteiger partial charge in [-0.25, -0.2) is 0 Å². The molecule has 0 heteroatoms. The van der Waals surface area contributed by atoms with Gasteiger partial charge in [0.05, 0.1) is 0 Å². The van der Waals surface area contributed by atoms with Crippen LogP contribution in [0.25, 0.3) is 0 Å². The van der Waals surface area contributed by atoms with Crippen LogP contribution in [0.1, 0.15) is 19.3 Å². The van der Waals surface area contributed by atoms with E-state index in [4.69, 9.17) is 0 Å². The molecule has 2 aliphatic rings. The summed E-state index contributed by atoms with van der Waals surface area (Å²) in [5.74, 6) is 0. The molecule has 0 saturated heterocycles. The maximum absolute atomic E-state index is 4.07. The summed E-state index contributed by atoms with van der Waals surface area (Å²) in [6, 6.07) is 0. The van der Waals surface area contributed by atoms with E-state index in [1.165, 1.54) is 24.0 Å². The molecule has 0 bridgehead atoms. The van der Waals surface area contributed by atoms with E-state index < -0.39 is 0 Å². The van der Waals surface area contributed by atoms with Crippen LogP contribution in [0.3, 0.4) is 0 Å². The third-order valence-electron chi connectivity index (χ3n) is 2.53. The van der Waals surface area contributed by atoms with Gasteiger partial charge in [-0.2, -0.15) is 0 Å². The fraction of sp³-hybridized carbons (Fsp3) is 0.231. The fourth-order valence-electron chi connectivity index (χ4n) is 1.81. The predicted octanol–water partition coefficient (Wildman–Crippen LogP) is 3.71. The molecular formula is C13H14. The summed E-state index contributed by atoms with van der Waals surface area (Å²) in [7, 11) is 0. The Bertz CT molecular complexity index is 335. The summed E-state index contributed by atoms with van der Waals surface area (Å²) in [6.45, 7) is 4.07. The first-order valence-corrected chi connectivity index (χ1v) is 4.79. The van der Waals surface area contributed by atoms with E-state index in [2.05, 4.69) is 43.0 Å². The number of hydrogen-bond donors (Lipinski definition) is 0. The highest BCUT2D eigenvalue weighted by Crippen LogP contribution is 2.28. The average molecular weight is 170 g/mol. The molecule has 0 saturated carbocycles. The Morgan fingerprint density at radius 1 is 1.08 bits per heavy atom. The van der Waals surface area contributed by atoms with Crippen LogP contribution in [0.5, 0.6) is 0 Å². The molecule has 0 atom stereocenters. The summed E-state index contributed by atoms with van der Waals surface area (Å²) in [5.41, 5.74) is 4.04. The highest BCUT2D eigenvalue weighted by Gasteiger charge is 2.08. The van der Waals surface area contributed by atoms with Crippen molar-refractivity contribution in [2.45, 2.75) is 19.3 Å². The van der Waals surface area contributed by atoms with Crippen LogP contribution in [-0.4, -0.2) is 0 Å². The summed E-state index contributed by atoms with van der Waals surface area (Å²) < 4.78 is 0. The highest BCUT2D eigenvalue weighted by molar-refractivity contribution is 5.51. The van der Waals surface area contributed by atoms with Crippen LogP contribution in [0.2, 0.25) is 0 Å². The minimum atomic E-state index is 1.09. The zero-order valence-electron chi connectivity index (χ0n) is 7.79. The molecule has 0 nitrogen and oxygen atoms in total. The smallest absolute Gasteiger partial charge is 0.0126 e. The Kier molecular flexibility index (Phi) is 2.31. The predicted molar refractivity (Wildman–Crippen MR) is 57.4 cm³/mol. The number of hydrogen-bond acceptors (Lipinski definition) is 0. The summed E-state index contributed by atoms with van der Waals surface area (Å²) in [6.07, 6.45) is 16.4. The van der Waals surface area contributed by atoms with E-state index in [0.717, 1.165) is 12.0 Å². The first kappa shape index (κ1) is 8.31. The van der Waals surface area contributed by atoms with E-state index >= 15 is 0 Å². The van der Waals surface area contributed by atoms with Gasteiger partial charge in [-0.15, -0.1) is 0 Å². The summed E-state index contributed by atoms with van der Waals surface area (Å²) in [5, 5.41) is 0. The van der Waals surface area contributed by atoms with Crippen LogP contribution in [-0.2, 0) is 0 Å². The molecular weight excluding hydrogens is 156 g/mol. The van der Waals surface area contributed by atoms with Crippen molar-refractivity contribution >= 4 is 0 Å². The Hall–Kier alpha value is -1.30. The second kappa shape index (κ2) is 3.61. The van der Waals surface area contributed by atoms with Crippen molar-refractivity contribution in [3.05, 3.63) is 59.8 Å². The van der Waals surface area contributed by atoms with Crippen LogP contribution < -0.4 is 0 Å². The lowest BCUT2D eigenvalue weighted by Crippen LogP contribution is -1.96. The van der Waals surface area contributed by atoms with E-state index in [-0.39, 0.29) is 0 Å². The van der Waals surface area contributed by atoms with Crippen LogP contribution >= 0.6 is 0 Å². The Morgan fingerprint density at radius 3 is 2.92 bits per heavy atom. The highest BCUT2D eigenvalue weighted by atomic mass is 14.1. The Labute approximate surface area is 79.7 Å². The van der Waals surface area contributed by atoms with Crippen molar-refractivity contribution in [3.63, 3.8) is 0 Å². The van der Waals surface area contributed by atoms with Gasteiger partial charge in [0, 0.05) is 0 Å². The fourth-order valence-corrected chi connectivity index (χ4v) is 1.81.